The summed E-state index contributed by atoms with van der Waals surface area (Å²) in [7, 11) is -3.60. The van der Waals surface area contributed by atoms with Gasteiger partial charge in [-0.25, -0.2) is 13.1 Å². The van der Waals surface area contributed by atoms with Gasteiger partial charge in [0.1, 0.15) is 4.90 Å². The molecule has 2 rings (SSSR count). The van der Waals surface area contributed by atoms with Gasteiger partial charge in [-0.1, -0.05) is 23.3 Å². The molecule has 0 bridgehead atoms. The van der Waals surface area contributed by atoms with Gasteiger partial charge in [-0.3, -0.25) is 0 Å². The highest BCUT2D eigenvalue weighted by Crippen LogP contribution is 2.24. The van der Waals surface area contributed by atoms with Crippen LogP contribution in [0.3, 0.4) is 0 Å². The van der Waals surface area contributed by atoms with Gasteiger partial charge in [-0.2, -0.15) is 0 Å². The van der Waals surface area contributed by atoms with E-state index < -0.39 is 10.0 Å². The van der Waals surface area contributed by atoms with Crippen molar-refractivity contribution in [2.45, 2.75) is 37.0 Å². The zero-order valence-corrected chi connectivity index (χ0v) is 12.8. The summed E-state index contributed by atoms with van der Waals surface area (Å²) >= 11 is 5.92. The fraction of sp³-hybridized carbons (Fsp3) is 0.429. The van der Waals surface area contributed by atoms with Crippen molar-refractivity contribution in [3.63, 3.8) is 0 Å². The molecule has 1 aliphatic rings. The van der Waals surface area contributed by atoms with Crippen LogP contribution < -0.4 is 10.5 Å². The minimum Gasteiger partial charge on any atom is -0.399 e. The van der Waals surface area contributed by atoms with Gasteiger partial charge in [0.15, 0.2) is 0 Å². The average molecular weight is 315 g/mol. The van der Waals surface area contributed by atoms with Gasteiger partial charge in [-0.15, -0.1) is 0 Å². The lowest BCUT2D eigenvalue weighted by Crippen LogP contribution is -2.25. The molecule has 4 nitrogen and oxygen atoms in total. The summed E-state index contributed by atoms with van der Waals surface area (Å²) in [5.41, 5.74) is 7.32. The second kappa shape index (κ2) is 6.61. The van der Waals surface area contributed by atoms with E-state index in [1.807, 2.05) is 0 Å². The first-order valence-corrected chi connectivity index (χ1v) is 8.58. The molecule has 6 heteroatoms. The first kappa shape index (κ1) is 15.4. The first-order chi connectivity index (χ1) is 9.49. The number of hydrogen-bond acceptors (Lipinski definition) is 3. The van der Waals surface area contributed by atoms with Gasteiger partial charge in [-0.05, 0) is 50.3 Å². The summed E-state index contributed by atoms with van der Waals surface area (Å²) in [5.74, 6) is 0. The van der Waals surface area contributed by atoms with E-state index in [1.165, 1.54) is 30.5 Å². The molecule has 0 heterocycles. The maximum atomic E-state index is 12.2. The summed E-state index contributed by atoms with van der Waals surface area (Å²) in [6.07, 6.45) is 7.56. The predicted octanol–water partition coefficient (Wildman–Crippen LogP) is 3.09. The fourth-order valence-corrected chi connectivity index (χ4v) is 3.85. The molecule has 1 aromatic carbocycles. The lowest BCUT2D eigenvalue weighted by atomic mass is 9.97. The van der Waals surface area contributed by atoms with E-state index >= 15 is 0 Å². The number of hydrogen-bond donors (Lipinski definition) is 2. The predicted molar refractivity (Wildman–Crippen MR) is 82.2 cm³/mol. The first-order valence-electron chi connectivity index (χ1n) is 6.71. The van der Waals surface area contributed by atoms with Crippen molar-refractivity contribution in [2.75, 3.05) is 12.3 Å². The van der Waals surface area contributed by atoms with Crippen molar-refractivity contribution >= 4 is 27.3 Å². The Morgan fingerprint density at radius 2 is 2.10 bits per heavy atom. The van der Waals surface area contributed by atoms with E-state index in [9.17, 15) is 8.42 Å². The van der Waals surface area contributed by atoms with Crippen LogP contribution in [0.15, 0.2) is 34.7 Å². The van der Waals surface area contributed by atoms with Gasteiger partial charge in [0.2, 0.25) is 10.0 Å². The quantitative estimate of drug-likeness (QED) is 0.648. The second-order valence-electron chi connectivity index (χ2n) is 4.95. The van der Waals surface area contributed by atoms with Crippen molar-refractivity contribution < 1.29 is 8.42 Å². The molecule has 0 amide bonds. The van der Waals surface area contributed by atoms with E-state index in [1.54, 1.807) is 6.07 Å². The van der Waals surface area contributed by atoms with Gasteiger partial charge in [0, 0.05) is 12.2 Å². The van der Waals surface area contributed by atoms with Crippen molar-refractivity contribution in [1.82, 2.24) is 4.72 Å². The third kappa shape index (κ3) is 3.98. The molecule has 0 spiro atoms. The van der Waals surface area contributed by atoms with Gasteiger partial charge in [0.05, 0.1) is 5.02 Å². The number of halogens is 1. The average Bonchev–Trinajstić information content (AvgIpc) is 2.42. The van der Waals surface area contributed by atoms with Crippen molar-refractivity contribution in [3.05, 3.63) is 34.9 Å². The van der Waals surface area contributed by atoms with Crippen molar-refractivity contribution in [2.24, 2.45) is 0 Å². The van der Waals surface area contributed by atoms with Gasteiger partial charge >= 0.3 is 0 Å². The zero-order valence-electron chi connectivity index (χ0n) is 11.2. The third-order valence-corrected chi connectivity index (χ3v) is 5.31. The third-order valence-electron chi connectivity index (χ3n) is 3.37. The molecule has 20 heavy (non-hydrogen) atoms. The van der Waals surface area contributed by atoms with E-state index in [2.05, 4.69) is 10.8 Å². The van der Waals surface area contributed by atoms with E-state index in [0.29, 0.717) is 12.2 Å². The minimum atomic E-state index is -3.60. The molecule has 1 aliphatic carbocycles. The Morgan fingerprint density at radius 1 is 1.30 bits per heavy atom. The van der Waals surface area contributed by atoms with Crippen LogP contribution in [0.2, 0.25) is 5.02 Å². The molecule has 0 aromatic heterocycles. The molecular formula is C14H19ClN2O2S. The molecule has 0 aliphatic heterocycles. The number of anilines is 1. The molecule has 110 valence electrons. The van der Waals surface area contributed by atoms with Crippen LogP contribution in [0, 0.1) is 0 Å². The molecule has 3 N–H and O–H groups in total. The Morgan fingerprint density at radius 3 is 2.80 bits per heavy atom. The Kier molecular flexibility index (Phi) is 5.07. The maximum absolute atomic E-state index is 12.2. The monoisotopic (exact) mass is 314 g/mol. The maximum Gasteiger partial charge on any atom is 0.242 e. The number of allylic oxidation sites excluding steroid dienone is 1. The SMILES string of the molecule is Nc1ccc(Cl)c(S(=O)(=O)NCCC2=CCCCC2)c1. The van der Waals surface area contributed by atoms with Crippen LogP contribution in [-0.2, 0) is 10.0 Å². The number of nitrogens with two attached hydrogens (primary N) is 1. The standard InChI is InChI=1S/C14H19ClN2O2S/c15-13-7-6-12(16)10-14(13)20(18,19)17-9-8-11-4-2-1-3-5-11/h4,6-7,10,17H,1-3,5,8-9,16H2. The second-order valence-corrected chi connectivity index (χ2v) is 7.09. The lowest BCUT2D eigenvalue weighted by molar-refractivity contribution is 0.579. The number of nitrogens with one attached hydrogen (secondary N) is 1. The van der Waals surface area contributed by atoms with E-state index in [-0.39, 0.29) is 9.92 Å². The number of sulfonamides is 1. The van der Waals surface area contributed by atoms with Gasteiger partial charge < -0.3 is 5.73 Å². The number of benzene rings is 1. The summed E-state index contributed by atoms with van der Waals surface area (Å²) in [6, 6.07) is 4.45. The largest absolute Gasteiger partial charge is 0.399 e. The molecule has 0 saturated heterocycles. The van der Waals surface area contributed by atoms with Crippen LogP contribution in [0.1, 0.15) is 32.1 Å². The van der Waals surface area contributed by atoms with Crippen LogP contribution >= 0.6 is 11.6 Å². The van der Waals surface area contributed by atoms with E-state index in [0.717, 1.165) is 19.3 Å². The summed E-state index contributed by atoms with van der Waals surface area (Å²) in [4.78, 5) is 0.0387. The highest BCUT2D eigenvalue weighted by Gasteiger charge is 2.18. The molecule has 0 radical (unpaired) electrons. The molecule has 0 saturated carbocycles. The van der Waals surface area contributed by atoms with E-state index in [4.69, 9.17) is 17.3 Å². The molecule has 1 aromatic rings. The topological polar surface area (TPSA) is 72.2 Å². The van der Waals surface area contributed by atoms with Crippen LogP contribution in [0.25, 0.3) is 0 Å². The Balaban J connectivity index is 2.00. The highest BCUT2D eigenvalue weighted by atomic mass is 35.5. The lowest BCUT2D eigenvalue weighted by Gasteiger charge is -2.13. The Hall–Kier alpha value is -1.04. The molecule has 0 unspecified atom stereocenters. The molecule has 0 atom stereocenters. The number of rotatable bonds is 5. The zero-order chi connectivity index (χ0) is 14.6. The fourth-order valence-electron chi connectivity index (χ4n) is 2.28. The van der Waals surface area contributed by atoms with Crippen LogP contribution in [0.5, 0.6) is 0 Å². The van der Waals surface area contributed by atoms with Gasteiger partial charge in [0.25, 0.3) is 0 Å². The Labute approximate surface area is 125 Å². The van der Waals surface area contributed by atoms with Crippen LogP contribution in [-0.4, -0.2) is 15.0 Å². The molecule has 0 fully saturated rings. The van der Waals surface area contributed by atoms with Crippen LogP contribution in [0.4, 0.5) is 5.69 Å². The normalized spacial score (nSPS) is 15.9. The summed E-state index contributed by atoms with van der Waals surface area (Å²) in [6.45, 7) is 0.388. The van der Waals surface area contributed by atoms with Crippen molar-refractivity contribution in [3.8, 4) is 0 Å². The summed E-state index contributed by atoms with van der Waals surface area (Å²) in [5, 5.41) is 0.184. The summed E-state index contributed by atoms with van der Waals surface area (Å²) < 4.78 is 26.9. The highest BCUT2D eigenvalue weighted by molar-refractivity contribution is 7.89. The smallest absolute Gasteiger partial charge is 0.242 e. The minimum absolute atomic E-state index is 0.0387. The molecular weight excluding hydrogens is 296 g/mol. The van der Waals surface area contributed by atoms with Crippen molar-refractivity contribution in [1.29, 1.82) is 0 Å². The number of nitrogen functional groups attached to an aromatic ring is 1. The Bertz CT molecular complexity index is 612.